The van der Waals surface area contributed by atoms with Crippen molar-refractivity contribution in [3.05, 3.63) is 60.7 Å². The lowest BCUT2D eigenvalue weighted by Crippen LogP contribution is -2.41. The van der Waals surface area contributed by atoms with Gasteiger partial charge in [0.15, 0.2) is 0 Å². The summed E-state index contributed by atoms with van der Waals surface area (Å²) in [7, 11) is 0. The second-order valence-corrected chi connectivity index (χ2v) is 11.3. The predicted molar refractivity (Wildman–Crippen MR) is 159 cm³/mol. The third-order valence-electron chi connectivity index (χ3n) is 7.07. The molecular weight excluding hydrogens is 493 g/mol. The number of piperidine rings is 1. The normalized spacial score (nSPS) is 16.0. The highest BCUT2D eigenvalue weighted by atomic mass is 19.0. The van der Waals surface area contributed by atoms with Crippen molar-refractivity contribution in [1.82, 2.24) is 4.90 Å². The molecule has 39 heavy (non-hydrogen) atoms. The second kappa shape index (κ2) is 18.5. The van der Waals surface area contributed by atoms with Gasteiger partial charge >= 0.3 is 6.09 Å². The first kappa shape index (κ1) is 34.3. The van der Waals surface area contributed by atoms with Gasteiger partial charge in [0.1, 0.15) is 17.1 Å². The summed E-state index contributed by atoms with van der Waals surface area (Å²) in [5, 5.41) is 0. The number of nitrogens with zero attached hydrogens (tertiary/aromatic N) is 1. The lowest BCUT2D eigenvalue weighted by atomic mass is 9.87. The monoisotopic (exact) mass is 545 g/mol. The Morgan fingerprint density at radius 2 is 1.18 bits per heavy atom. The summed E-state index contributed by atoms with van der Waals surface area (Å²) in [5.41, 5.74) is -0.419. The number of carbonyl (C=O) groups excluding carboxylic acids is 1. The van der Waals surface area contributed by atoms with Crippen LogP contribution in [0.2, 0.25) is 0 Å². The molecule has 0 bridgehead atoms. The van der Waals surface area contributed by atoms with Crippen molar-refractivity contribution in [3.63, 3.8) is 0 Å². The number of carbonyl (C=O) groups is 1. The highest BCUT2D eigenvalue weighted by molar-refractivity contribution is 5.68. The first-order valence-electron chi connectivity index (χ1n) is 14.2. The zero-order valence-corrected chi connectivity index (χ0v) is 23.6. The highest BCUT2D eigenvalue weighted by Crippen LogP contribution is 2.26. The summed E-state index contributed by atoms with van der Waals surface area (Å²) in [5.74, 6) is 3.48. The molecule has 4 rings (SSSR count). The minimum Gasteiger partial charge on any atom is -0.494 e. The maximum Gasteiger partial charge on any atom is 0.410 e. The molecule has 6 heteroatoms. The van der Waals surface area contributed by atoms with E-state index in [9.17, 15) is 4.79 Å². The van der Waals surface area contributed by atoms with E-state index in [1.807, 2.05) is 86.3 Å². The third kappa shape index (κ3) is 14.3. The largest absolute Gasteiger partial charge is 0.494 e. The van der Waals surface area contributed by atoms with E-state index in [4.69, 9.17) is 14.2 Å². The maximum atomic E-state index is 12.0. The van der Waals surface area contributed by atoms with Gasteiger partial charge in [-0.05, 0) is 82.6 Å². The molecular formula is C33H52FNO4. The predicted octanol–water partition coefficient (Wildman–Crippen LogP) is 8.93. The zero-order valence-electron chi connectivity index (χ0n) is 23.6. The van der Waals surface area contributed by atoms with E-state index in [1.54, 1.807) is 0 Å². The SMILES string of the molecule is C.CC(C)(C)OC(=O)N1CCC(CCOc2ccccc2)CC1.F.c1ccc(OCCC2CCCCC2)cc1. The molecule has 0 N–H and O–H groups in total. The van der Waals surface area contributed by atoms with Crippen LogP contribution in [0.5, 0.6) is 11.5 Å². The lowest BCUT2D eigenvalue weighted by molar-refractivity contribution is 0.0177. The van der Waals surface area contributed by atoms with Crippen LogP contribution in [0.4, 0.5) is 9.50 Å². The first-order valence-corrected chi connectivity index (χ1v) is 14.2. The minimum absolute atomic E-state index is 0. The van der Waals surface area contributed by atoms with Crippen LogP contribution in [0.1, 0.15) is 86.0 Å². The molecule has 2 aromatic carbocycles. The van der Waals surface area contributed by atoms with Crippen LogP contribution in [0.15, 0.2) is 60.7 Å². The van der Waals surface area contributed by atoms with Gasteiger partial charge in [-0.3, -0.25) is 4.70 Å². The standard InChI is InChI=1S/C18H27NO3.C14H20O.CH4.FH/c1-18(2,3)22-17(20)19-12-9-15(10-13-19)11-14-21-16-7-5-4-6-8-16;1-3-7-13(8-4-1)11-12-15-14-9-5-2-6-10-14;;/h4-8,15H,9-14H2,1-3H3;2,5-6,9-10,13H,1,3-4,7-8,11-12H2;1H4;1H. The molecule has 1 heterocycles. The van der Waals surface area contributed by atoms with Crippen LogP contribution in [0, 0.1) is 11.8 Å². The van der Waals surface area contributed by atoms with Gasteiger partial charge in [-0.2, -0.15) is 0 Å². The Balaban J connectivity index is 0.000000394. The van der Waals surface area contributed by atoms with E-state index in [0.29, 0.717) is 5.92 Å². The van der Waals surface area contributed by atoms with Crippen molar-refractivity contribution in [3.8, 4) is 11.5 Å². The molecule has 1 saturated carbocycles. The van der Waals surface area contributed by atoms with Crippen LogP contribution in [0.3, 0.4) is 0 Å². The Labute approximate surface area is 236 Å². The van der Waals surface area contributed by atoms with E-state index < -0.39 is 5.60 Å². The Hall–Kier alpha value is -2.76. The molecule has 1 saturated heterocycles. The van der Waals surface area contributed by atoms with E-state index in [1.165, 1.54) is 38.5 Å². The zero-order chi connectivity index (χ0) is 26.3. The molecule has 0 unspecified atom stereocenters. The molecule has 0 atom stereocenters. The fraction of sp³-hybridized carbons (Fsp3) is 0.606. The number of para-hydroxylation sites is 2. The van der Waals surface area contributed by atoms with Gasteiger partial charge in [0.2, 0.25) is 0 Å². The number of rotatable bonds is 8. The molecule has 220 valence electrons. The maximum absolute atomic E-state index is 12.0. The number of halogens is 1. The van der Waals surface area contributed by atoms with Crippen LogP contribution in [0.25, 0.3) is 0 Å². The lowest BCUT2D eigenvalue weighted by Gasteiger charge is -2.33. The van der Waals surface area contributed by atoms with E-state index in [0.717, 1.165) is 63.0 Å². The Morgan fingerprint density at radius 1 is 0.744 bits per heavy atom. The molecule has 1 aliphatic heterocycles. The average molecular weight is 546 g/mol. The van der Waals surface area contributed by atoms with Crippen LogP contribution in [-0.4, -0.2) is 42.9 Å². The fourth-order valence-electron chi connectivity index (χ4n) is 4.93. The van der Waals surface area contributed by atoms with Crippen molar-refractivity contribution >= 4 is 6.09 Å². The van der Waals surface area contributed by atoms with Gasteiger partial charge in [-0.25, -0.2) is 4.79 Å². The molecule has 0 radical (unpaired) electrons. The van der Waals surface area contributed by atoms with Crippen LogP contribution in [-0.2, 0) is 4.74 Å². The fourth-order valence-corrected chi connectivity index (χ4v) is 4.93. The van der Waals surface area contributed by atoms with Crippen LogP contribution >= 0.6 is 0 Å². The van der Waals surface area contributed by atoms with Gasteiger partial charge < -0.3 is 19.1 Å². The van der Waals surface area contributed by atoms with E-state index >= 15 is 0 Å². The van der Waals surface area contributed by atoms with Crippen molar-refractivity contribution < 1.29 is 23.7 Å². The van der Waals surface area contributed by atoms with Gasteiger partial charge in [0.05, 0.1) is 13.2 Å². The smallest absolute Gasteiger partial charge is 0.410 e. The Kier molecular flexibility index (Phi) is 16.3. The quantitative estimate of drug-likeness (QED) is 0.332. The molecule has 5 nitrogen and oxygen atoms in total. The highest BCUT2D eigenvalue weighted by Gasteiger charge is 2.26. The molecule has 0 spiro atoms. The summed E-state index contributed by atoms with van der Waals surface area (Å²) in [6.45, 7) is 8.89. The molecule has 0 aromatic heterocycles. The van der Waals surface area contributed by atoms with Crippen molar-refractivity contribution in [2.75, 3.05) is 26.3 Å². The number of hydrogen-bond acceptors (Lipinski definition) is 4. The van der Waals surface area contributed by atoms with Gasteiger partial charge in [0.25, 0.3) is 0 Å². The van der Waals surface area contributed by atoms with Crippen molar-refractivity contribution in [1.29, 1.82) is 0 Å². The van der Waals surface area contributed by atoms with Crippen molar-refractivity contribution in [2.24, 2.45) is 11.8 Å². The molecule has 1 amide bonds. The second-order valence-electron chi connectivity index (χ2n) is 11.3. The summed E-state index contributed by atoms with van der Waals surface area (Å²) in [6.07, 6.45) is 11.3. The summed E-state index contributed by atoms with van der Waals surface area (Å²) < 4.78 is 16.9. The summed E-state index contributed by atoms with van der Waals surface area (Å²) >= 11 is 0. The van der Waals surface area contributed by atoms with Gasteiger partial charge in [0, 0.05) is 13.1 Å². The topological polar surface area (TPSA) is 48.0 Å². The number of benzene rings is 2. The minimum atomic E-state index is -0.419. The van der Waals surface area contributed by atoms with Crippen molar-refractivity contribution in [2.45, 2.75) is 91.6 Å². The first-order chi connectivity index (χ1) is 17.9. The summed E-state index contributed by atoms with van der Waals surface area (Å²) in [4.78, 5) is 13.8. The molecule has 1 aliphatic carbocycles. The van der Waals surface area contributed by atoms with Gasteiger partial charge in [-0.1, -0.05) is 75.9 Å². The van der Waals surface area contributed by atoms with E-state index in [-0.39, 0.29) is 18.2 Å². The number of hydrogen-bond donors (Lipinski definition) is 0. The van der Waals surface area contributed by atoms with E-state index in [2.05, 4.69) is 0 Å². The molecule has 2 fully saturated rings. The van der Waals surface area contributed by atoms with Crippen LogP contribution < -0.4 is 9.47 Å². The number of amides is 1. The number of likely N-dealkylation sites (tertiary alicyclic amines) is 1. The number of ether oxygens (including phenoxy) is 3. The third-order valence-corrected chi connectivity index (χ3v) is 7.07. The molecule has 2 aliphatic rings. The average Bonchev–Trinajstić information content (AvgIpc) is 2.90. The van der Waals surface area contributed by atoms with Gasteiger partial charge in [-0.15, -0.1) is 0 Å². The summed E-state index contributed by atoms with van der Waals surface area (Å²) in [6, 6.07) is 20.0. The Morgan fingerprint density at radius 3 is 1.62 bits per heavy atom. The molecule has 2 aromatic rings. The Bertz CT molecular complexity index is 874.